The van der Waals surface area contributed by atoms with Crippen molar-refractivity contribution < 1.29 is 9.13 Å². The smallest absolute Gasteiger partial charge is 0.206 e. The second kappa shape index (κ2) is 4.61. The zero-order valence-corrected chi connectivity index (χ0v) is 9.08. The molecule has 4 nitrogen and oxygen atoms in total. The second-order valence-corrected chi connectivity index (χ2v) is 3.74. The van der Waals surface area contributed by atoms with Gasteiger partial charge in [0.25, 0.3) is 0 Å². The highest BCUT2D eigenvalue weighted by Gasteiger charge is 2.05. The molecule has 0 radical (unpaired) electrons. The molecule has 2 aromatic rings. The normalized spacial score (nSPS) is 10.2. The van der Waals surface area contributed by atoms with Gasteiger partial charge >= 0.3 is 0 Å². The lowest BCUT2D eigenvalue weighted by Crippen LogP contribution is -2.43. The van der Waals surface area contributed by atoms with E-state index in [0.717, 1.165) is 24.5 Å². The summed E-state index contributed by atoms with van der Waals surface area (Å²) in [5.74, 6) is 0. The van der Waals surface area contributed by atoms with Gasteiger partial charge < -0.3 is 11.5 Å². The summed E-state index contributed by atoms with van der Waals surface area (Å²) in [6.45, 7) is 1.82. The van der Waals surface area contributed by atoms with Crippen molar-refractivity contribution >= 4 is 11.4 Å². The Morgan fingerprint density at radius 2 is 1.00 bits per heavy atom. The zero-order valence-electron chi connectivity index (χ0n) is 9.08. The fraction of sp³-hybridized carbons (Fsp3) is 0.167. The fourth-order valence-corrected chi connectivity index (χ4v) is 1.47. The molecular formula is C12H16N4+2. The standard InChI is InChI=1S/C12H14N4/c13-11-1-5-15(6-2-11)9-10-16-7-3-12(14)4-8-16/h1-8,13-14H,9-10H2/p+2. The molecule has 2 rings (SSSR count). The quantitative estimate of drug-likeness (QED) is 0.716. The van der Waals surface area contributed by atoms with Gasteiger partial charge in [0, 0.05) is 35.6 Å². The van der Waals surface area contributed by atoms with Gasteiger partial charge in [-0.2, -0.15) is 9.13 Å². The van der Waals surface area contributed by atoms with E-state index in [2.05, 4.69) is 9.13 Å². The number of rotatable bonds is 3. The number of nitrogen functional groups attached to an aromatic ring is 2. The van der Waals surface area contributed by atoms with Gasteiger partial charge in [-0.15, -0.1) is 0 Å². The van der Waals surface area contributed by atoms with Crippen LogP contribution < -0.4 is 20.6 Å². The SMILES string of the molecule is Nc1cc[n+](CC[n+]2ccc(N)cc2)cc1. The van der Waals surface area contributed by atoms with Gasteiger partial charge in [-0.25, -0.2) is 0 Å². The van der Waals surface area contributed by atoms with Crippen molar-refractivity contribution in [1.82, 2.24) is 0 Å². The van der Waals surface area contributed by atoms with E-state index in [1.807, 2.05) is 49.1 Å². The summed E-state index contributed by atoms with van der Waals surface area (Å²) in [7, 11) is 0. The van der Waals surface area contributed by atoms with Crippen molar-refractivity contribution in [2.75, 3.05) is 11.5 Å². The van der Waals surface area contributed by atoms with Crippen molar-refractivity contribution in [3.8, 4) is 0 Å². The Labute approximate surface area is 94.8 Å². The van der Waals surface area contributed by atoms with Gasteiger partial charge in [0.05, 0.1) is 0 Å². The van der Waals surface area contributed by atoms with E-state index >= 15 is 0 Å². The van der Waals surface area contributed by atoms with Gasteiger partial charge in [-0.3, -0.25) is 0 Å². The summed E-state index contributed by atoms with van der Waals surface area (Å²) in [5.41, 5.74) is 12.8. The molecule has 0 aliphatic heterocycles. The van der Waals surface area contributed by atoms with Gasteiger partial charge in [-0.05, 0) is 0 Å². The second-order valence-electron chi connectivity index (χ2n) is 3.74. The number of pyridine rings is 2. The van der Waals surface area contributed by atoms with Crippen LogP contribution in [0.4, 0.5) is 11.4 Å². The van der Waals surface area contributed by atoms with Crippen molar-refractivity contribution in [3.63, 3.8) is 0 Å². The van der Waals surface area contributed by atoms with Crippen LogP contribution in [-0.4, -0.2) is 0 Å². The fourth-order valence-electron chi connectivity index (χ4n) is 1.47. The minimum absolute atomic E-state index is 0.788. The number of nitrogens with two attached hydrogens (primary N) is 2. The predicted octanol–water partition coefficient (Wildman–Crippen LogP) is 0.126. The molecule has 0 spiro atoms. The Morgan fingerprint density at radius 3 is 1.31 bits per heavy atom. The summed E-state index contributed by atoms with van der Waals surface area (Å²) in [4.78, 5) is 0. The Kier molecular flexibility index (Phi) is 3.00. The highest BCUT2D eigenvalue weighted by atomic mass is 15.0. The van der Waals surface area contributed by atoms with Crippen molar-refractivity contribution in [3.05, 3.63) is 49.1 Å². The van der Waals surface area contributed by atoms with E-state index < -0.39 is 0 Å². The third-order valence-electron chi connectivity index (χ3n) is 2.45. The van der Waals surface area contributed by atoms with E-state index in [0.29, 0.717) is 0 Å². The minimum Gasteiger partial charge on any atom is -0.398 e. The Bertz CT molecular complexity index is 402. The number of anilines is 2. The van der Waals surface area contributed by atoms with Crippen LogP contribution in [-0.2, 0) is 13.1 Å². The van der Waals surface area contributed by atoms with Crippen LogP contribution in [0.3, 0.4) is 0 Å². The Morgan fingerprint density at radius 1 is 0.688 bits per heavy atom. The van der Waals surface area contributed by atoms with Crippen LogP contribution >= 0.6 is 0 Å². The molecule has 2 aromatic heterocycles. The first-order valence-electron chi connectivity index (χ1n) is 5.23. The maximum Gasteiger partial charge on any atom is 0.206 e. The molecule has 16 heavy (non-hydrogen) atoms. The highest BCUT2D eigenvalue weighted by Crippen LogP contribution is 1.94. The van der Waals surface area contributed by atoms with E-state index in [4.69, 9.17) is 11.5 Å². The summed E-state index contributed by atoms with van der Waals surface area (Å²) < 4.78 is 4.19. The van der Waals surface area contributed by atoms with Crippen molar-refractivity contribution in [1.29, 1.82) is 0 Å². The molecule has 0 amide bonds. The van der Waals surface area contributed by atoms with Crippen LogP contribution in [0.2, 0.25) is 0 Å². The third kappa shape index (κ3) is 2.70. The topological polar surface area (TPSA) is 59.8 Å². The predicted molar refractivity (Wildman–Crippen MR) is 62.1 cm³/mol. The summed E-state index contributed by atoms with van der Waals surface area (Å²) in [6, 6.07) is 7.59. The van der Waals surface area contributed by atoms with Crippen LogP contribution in [0.15, 0.2) is 49.1 Å². The highest BCUT2D eigenvalue weighted by molar-refractivity contribution is 5.32. The van der Waals surface area contributed by atoms with Gasteiger partial charge in [0.15, 0.2) is 24.8 Å². The van der Waals surface area contributed by atoms with Crippen LogP contribution in [0, 0.1) is 0 Å². The maximum atomic E-state index is 5.62. The third-order valence-corrected chi connectivity index (χ3v) is 2.45. The lowest BCUT2D eigenvalue weighted by molar-refractivity contribution is -0.778. The average Bonchev–Trinajstić information content (AvgIpc) is 2.30. The molecule has 0 bridgehead atoms. The maximum absolute atomic E-state index is 5.62. The van der Waals surface area contributed by atoms with Crippen LogP contribution in [0.1, 0.15) is 0 Å². The molecule has 0 aliphatic carbocycles. The first kappa shape index (κ1) is 10.4. The summed E-state index contributed by atoms with van der Waals surface area (Å²) >= 11 is 0. The lowest BCUT2D eigenvalue weighted by atomic mass is 10.4. The monoisotopic (exact) mass is 216 g/mol. The van der Waals surface area contributed by atoms with Crippen molar-refractivity contribution in [2.45, 2.75) is 13.1 Å². The molecule has 0 atom stereocenters. The van der Waals surface area contributed by atoms with E-state index in [1.54, 1.807) is 0 Å². The van der Waals surface area contributed by atoms with Gasteiger partial charge in [0.1, 0.15) is 0 Å². The molecule has 4 heteroatoms. The Hall–Kier alpha value is -2.10. The molecule has 0 unspecified atom stereocenters. The molecule has 0 fully saturated rings. The first-order chi connectivity index (χ1) is 7.74. The van der Waals surface area contributed by atoms with E-state index in [1.165, 1.54) is 0 Å². The largest absolute Gasteiger partial charge is 0.398 e. The molecule has 2 heterocycles. The number of aryl methyl sites for hydroxylation is 2. The van der Waals surface area contributed by atoms with Crippen LogP contribution in [0.5, 0.6) is 0 Å². The molecule has 0 aromatic carbocycles. The molecule has 4 N–H and O–H groups in total. The summed E-state index contributed by atoms with van der Waals surface area (Å²) in [5, 5.41) is 0. The van der Waals surface area contributed by atoms with E-state index in [-0.39, 0.29) is 0 Å². The van der Waals surface area contributed by atoms with Gasteiger partial charge in [0.2, 0.25) is 13.1 Å². The molecular weight excluding hydrogens is 200 g/mol. The van der Waals surface area contributed by atoms with Gasteiger partial charge in [-0.1, -0.05) is 0 Å². The van der Waals surface area contributed by atoms with Crippen LogP contribution in [0.25, 0.3) is 0 Å². The lowest BCUT2D eigenvalue weighted by Gasteiger charge is -1.96. The molecule has 0 saturated carbocycles. The van der Waals surface area contributed by atoms with Crippen molar-refractivity contribution in [2.24, 2.45) is 0 Å². The molecule has 0 aliphatic rings. The molecule has 0 saturated heterocycles. The number of aromatic nitrogens is 2. The summed E-state index contributed by atoms with van der Waals surface area (Å²) in [6.07, 6.45) is 7.92. The van der Waals surface area contributed by atoms with E-state index in [9.17, 15) is 0 Å². The average molecular weight is 216 g/mol. The zero-order chi connectivity index (χ0) is 11.4. The molecule has 82 valence electrons. The number of nitrogens with zero attached hydrogens (tertiary/aromatic N) is 2. The number of hydrogen-bond donors (Lipinski definition) is 2. The first-order valence-corrected chi connectivity index (χ1v) is 5.23. The minimum atomic E-state index is 0.788. The number of hydrogen-bond acceptors (Lipinski definition) is 2. The Balaban J connectivity index is 1.97.